The van der Waals surface area contributed by atoms with E-state index < -0.39 is 11.5 Å². The fourth-order valence-electron chi connectivity index (χ4n) is 3.51. The Balaban J connectivity index is 2.00. The van der Waals surface area contributed by atoms with Crippen LogP contribution >= 0.6 is 0 Å². The SMILES string of the molecule is CNC(=O)[C@@H](NC(=O)c1nc(-c2cccc(C)c2)n2c1CNCC2)C(C)(C)C. The zero-order chi connectivity index (χ0) is 20.5. The number of amides is 2. The van der Waals surface area contributed by atoms with Crippen LogP contribution in [0.25, 0.3) is 11.4 Å². The Morgan fingerprint density at radius 1 is 1.29 bits per heavy atom. The van der Waals surface area contributed by atoms with E-state index in [1.807, 2.05) is 45.9 Å². The summed E-state index contributed by atoms with van der Waals surface area (Å²) in [4.78, 5) is 30.1. The Kier molecular flexibility index (Phi) is 5.56. The zero-order valence-electron chi connectivity index (χ0n) is 17.2. The van der Waals surface area contributed by atoms with E-state index in [9.17, 15) is 9.59 Å². The van der Waals surface area contributed by atoms with Gasteiger partial charge in [0.25, 0.3) is 5.91 Å². The summed E-state index contributed by atoms with van der Waals surface area (Å²) in [7, 11) is 1.57. The van der Waals surface area contributed by atoms with Crippen molar-refractivity contribution in [3.05, 3.63) is 41.2 Å². The van der Waals surface area contributed by atoms with Gasteiger partial charge in [0.05, 0.1) is 5.69 Å². The molecule has 0 fully saturated rings. The minimum atomic E-state index is -0.652. The van der Waals surface area contributed by atoms with Gasteiger partial charge in [-0.3, -0.25) is 9.59 Å². The van der Waals surface area contributed by atoms with Crippen molar-refractivity contribution in [3.8, 4) is 11.4 Å². The van der Waals surface area contributed by atoms with Gasteiger partial charge in [0, 0.05) is 32.2 Å². The standard InChI is InChI=1S/C21H29N5O2/c1-13-7-6-8-14(11-13)18-24-16(15-12-23-9-10-26(15)18)19(27)25-17(20(28)22-5)21(2,3)4/h6-8,11,17,23H,9-10,12H2,1-5H3,(H,22,28)(H,25,27)/t17-/m1/s1. The molecular weight excluding hydrogens is 354 g/mol. The van der Waals surface area contributed by atoms with E-state index in [0.717, 1.165) is 35.7 Å². The maximum Gasteiger partial charge on any atom is 0.272 e. The highest BCUT2D eigenvalue weighted by atomic mass is 16.2. The Hall–Kier alpha value is -2.67. The molecule has 2 amide bonds. The second-order valence-electron chi connectivity index (χ2n) is 8.32. The third-order valence-corrected chi connectivity index (χ3v) is 5.02. The van der Waals surface area contributed by atoms with E-state index in [0.29, 0.717) is 12.2 Å². The molecular formula is C21H29N5O2. The molecule has 1 atom stereocenters. The Morgan fingerprint density at radius 3 is 2.68 bits per heavy atom. The van der Waals surface area contributed by atoms with Gasteiger partial charge in [-0.05, 0) is 18.4 Å². The highest BCUT2D eigenvalue weighted by Crippen LogP contribution is 2.26. The maximum absolute atomic E-state index is 13.1. The van der Waals surface area contributed by atoms with Crippen LogP contribution in [0.15, 0.2) is 24.3 Å². The Bertz CT molecular complexity index is 895. The lowest BCUT2D eigenvalue weighted by molar-refractivity contribution is -0.124. The molecule has 1 aromatic carbocycles. The predicted molar refractivity (Wildman–Crippen MR) is 109 cm³/mol. The average Bonchev–Trinajstić information content (AvgIpc) is 3.04. The van der Waals surface area contributed by atoms with Crippen molar-refractivity contribution in [2.45, 2.75) is 46.8 Å². The van der Waals surface area contributed by atoms with E-state index in [2.05, 4.69) is 26.6 Å². The van der Waals surface area contributed by atoms with Crippen LogP contribution in [0.3, 0.4) is 0 Å². The molecule has 150 valence electrons. The number of likely N-dealkylation sites (N-methyl/N-ethyl adjacent to an activating group) is 1. The molecule has 3 N–H and O–H groups in total. The number of benzene rings is 1. The van der Waals surface area contributed by atoms with Gasteiger partial charge in [-0.25, -0.2) is 4.98 Å². The fraction of sp³-hybridized carbons (Fsp3) is 0.476. The minimum Gasteiger partial charge on any atom is -0.357 e. The van der Waals surface area contributed by atoms with Gasteiger partial charge >= 0.3 is 0 Å². The summed E-state index contributed by atoms with van der Waals surface area (Å²) in [6.45, 7) is 9.96. The van der Waals surface area contributed by atoms with E-state index >= 15 is 0 Å². The molecule has 2 heterocycles. The van der Waals surface area contributed by atoms with E-state index in [1.54, 1.807) is 7.05 Å². The second-order valence-corrected chi connectivity index (χ2v) is 8.32. The summed E-state index contributed by atoms with van der Waals surface area (Å²) in [6, 6.07) is 7.46. The lowest BCUT2D eigenvalue weighted by atomic mass is 9.86. The van der Waals surface area contributed by atoms with Gasteiger partial charge < -0.3 is 20.5 Å². The first kappa shape index (κ1) is 20.1. The van der Waals surface area contributed by atoms with Crippen molar-refractivity contribution >= 4 is 11.8 Å². The van der Waals surface area contributed by atoms with Crippen molar-refractivity contribution in [2.24, 2.45) is 5.41 Å². The van der Waals surface area contributed by atoms with Crippen molar-refractivity contribution in [3.63, 3.8) is 0 Å². The fourth-order valence-corrected chi connectivity index (χ4v) is 3.51. The van der Waals surface area contributed by atoms with Crippen LogP contribution in [-0.2, 0) is 17.9 Å². The summed E-state index contributed by atoms with van der Waals surface area (Å²) in [5.74, 6) is 0.249. The number of aromatic nitrogens is 2. The van der Waals surface area contributed by atoms with Crippen molar-refractivity contribution in [1.82, 2.24) is 25.5 Å². The molecule has 7 nitrogen and oxygen atoms in total. The number of hydrogen-bond acceptors (Lipinski definition) is 4. The van der Waals surface area contributed by atoms with Gasteiger partial charge in [-0.2, -0.15) is 0 Å². The lowest BCUT2D eigenvalue weighted by Gasteiger charge is -2.29. The monoisotopic (exact) mass is 383 g/mol. The highest BCUT2D eigenvalue weighted by Gasteiger charge is 2.34. The molecule has 0 saturated heterocycles. The number of nitrogens with zero attached hydrogens (tertiary/aromatic N) is 2. The molecule has 0 radical (unpaired) electrons. The molecule has 3 rings (SSSR count). The van der Waals surface area contributed by atoms with Crippen LogP contribution < -0.4 is 16.0 Å². The molecule has 1 aromatic heterocycles. The summed E-state index contributed by atoms with van der Waals surface area (Å²) in [5.41, 5.74) is 2.93. The molecule has 2 aromatic rings. The maximum atomic E-state index is 13.1. The smallest absolute Gasteiger partial charge is 0.272 e. The van der Waals surface area contributed by atoms with Gasteiger partial charge in [0.1, 0.15) is 11.9 Å². The van der Waals surface area contributed by atoms with Gasteiger partial charge in [-0.1, -0.05) is 44.5 Å². The van der Waals surface area contributed by atoms with Crippen molar-refractivity contribution in [1.29, 1.82) is 0 Å². The third-order valence-electron chi connectivity index (χ3n) is 5.02. The van der Waals surface area contributed by atoms with Crippen LogP contribution in [0.2, 0.25) is 0 Å². The van der Waals surface area contributed by atoms with Crippen LogP contribution in [0, 0.1) is 12.3 Å². The summed E-state index contributed by atoms with van der Waals surface area (Å²) in [6.07, 6.45) is 0. The first-order valence-electron chi connectivity index (χ1n) is 9.62. The lowest BCUT2D eigenvalue weighted by Crippen LogP contribution is -2.53. The topological polar surface area (TPSA) is 88.1 Å². The summed E-state index contributed by atoms with van der Waals surface area (Å²) in [5, 5.41) is 8.84. The first-order chi connectivity index (χ1) is 13.2. The summed E-state index contributed by atoms with van der Waals surface area (Å²) < 4.78 is 2.10. The number of rotatable bonds is 4. The van der Waals surface area contributed by atoms with Crippen LogP contribution in [0.1, 0.15) is 42.5 Å². The van der Waals surface area contributed by atoms with Gasteiger partial charge in [-0.15, -0.1) is 0 Å². The number of fused-ring (bicyclic) bond motifs is 1. The molecule has 0 aliphatic carbocycles. The molecule has 0 spiro atoms. The third kappa shape index (κ3) is 3.94. The Morgan fingerprint density at radius 2 is 2.04 bits per heavy atom. The van der Waals surface area contributed by atoms with Crippen molar-refractivity contribution < 1.29 is 9.59 Å². The molecule has 28 heavy (non-hydrogen) atoms. The van der Waals surface area contributed by atoms with E-state index in [1.165, 1.54) is 0 Å². The first-order valence-corrected chi connectivity index (χ1v) is 9.62. The molecule has 1 aliphatic rings. The number of carbonyl (C=O) groups is 2. The minimum absolute atomic E-state index is 0.217. The molecule has 0 bridgehead atoms. The molecule has 0 saturated carbocycles. The number of nitrogens with one attached hydrogen (secondary N) is 3. The number of aryl methyl sites for hydroxylation is 1. The zero-order valence-corrected chi connectivity index (χ0v) is 17.2. The number of hydrogen-bond donors (Lipinski definition) is 3. The number of imidazole rings is 1. The van der Waals surface area contributed by atoms with E-state index in [-0.39, 0.29) is 11.8 Å². The second kappa shape index (κ2) is 7.75. The molecule has 0 unspecified atom stereocenters. The number of carbonyl (C=O) groups excluding carboxylic acids is 2. The predicted octanol–water partition coefficient (Wildman–Crippen LogP) is 1.85. The van der Waals surface area contributed by atoms with Gasteiger partial charge in [0.15, 0.2) is 5.69 Å². The normalized spacial score (nSPS) is 14.9. The highest BCUT2D eigenvalue weighted by molar-refractivity contribution is 5.97. The van der Waals surface area contributed by atoms with Crippen LogP contribution in [0.4, 0.5) is 0 Å². The van der Waals surface area contributed by atoms with Gasteiger partial charge in [0.2, 0.25) is 5.91 Å². The average molecular weight is 383 g/mol. The van der Waals surface area contributed by atoms with Crippen LogP contribution in [-0.4, -0.2) is 41.0 Å². The largest absolute Gasteiger partial charge is 0.357 e. The summed E-state index contributed by atoms with van der Waals surface area (Å²) >= 11 is 0. The van der Waals surface area contributed by atoms with Crippen LogP contribution in [0.5, 0.6) is 0 Å². The molecule has 1 aliphatic heterocycles. The quantitative estimate of drug-likeness (QED) is 0.752. The van der Waals surface area contributed by atoms with E-state index in [4.69, 9.17) is 4.98 Å². The molecule has 7 heteroatoms. The van der Waals surface area contributed by atoms with Crippen molar-refractivity contribution in [2.75, 3.05) is 13.6 Å². The Labute approximate surface area is 165 Å².